The fraction of sp³-hybridized carbons (Fsp3) is 0.581. The van der Waals surface area contributed by atoms with E-state index in [9.17, 15) is 59.9 Å². The van der Waals surface area contributed by atoms with Crippen molar-refractivity contribution in [3.05, 3.63) is 24.0 Å². The van der Waals surface area contributed by atoms with Crippen LogP contribution in [0.4, 0.5) is 36.8 Å². The van der Waals surface area contributed by atoms with Gasteiger partial charge < -0.3 is 46.0 Å². The van der Waals surface area contributed by atoms with Crippen LogP contribution in [0.5, 0.6) is 5.75 Å². The predicted octanol–water partition coefficient (Wildman–Crippen LogP) is 2.91. The number of nitrogens with zero attached hydrogens (tertiary/aromatic N) is 1. The molecule has 15 nitrogen and oxygen atoms in total. The maximum atomic E-state index is 13.6. The molecular formula is C31H45F6N5O10. The normalized spacial score (nSPS) is 13.9. The molecule has 0 radical (unpaired) electrons. The van der Waals surface area contributed by atoms with Gasteiger partial charge >= 0.3 is 18.3 Å². The largest absolute Gasteiger partial charge is 0.508 e. The van der Waals surface area contributed by atoms with Crippen molar-refractivity contribution in [1.29, 1.82) is 0 Å². The van der Waals surface area contributed by atoms with Gasteiger partial charge in [-0.3, -0.25) is 24.0 Å². The third-order valence-electron chi connectivity index (χ3n) is 5.93. The SMILES string of the molecule is CC.CC(C(N)=O)C(=O)NCC(F)(F)C(F)(F)F.CC(N)=O.C[C@@H]1CC(=O)N(CCOC(=O)OCCNC(=O)CCCC=O)c2cc(F)ccc2O1. The Hall–Kier alpha value is -5.11. The van der Waals surface area contributed by atoms with Gasteiger partial charge in [0.05, 0.1) is 31.7 Å². The molecular weight excluding hydrogens is 716 g/mol. The summed E-state index contributed by atoms with van der Waals surface area (Å²) in [6, 6.07) is 3.89. The van der Waals surface area contributed by atoms with Crippen molar-refractivity contribution in [2.24, 2.45) is 17.4 Å². The highest BCUT2D eigenvalue weighted by atomic mass is 19.4. The van der Waals surface area contributed by atoms with Crippen molar-refractivity contribution >= 4 is 47.7 Å². The summed E-state index contributed by atoms with van der Waals surface area (Å²) >= 11 is 0. The first-order chi connectivity index (χ1) is 24.1. The summed E-state index contributed by atoms with van der Waals surface area (Å²) < 4.78 is 88.6. The molecule has 52 heavy (non-hydrogen) atoms. The van der Waals surface area contributed by atoms with E-state index in [4.69, 9.17) is 14.2 Å². The van der Waals surface area contributed by atoms with E-state index in [1.54, 1.807) is 6.92 Å². The van der Waals surface area contributed by atoms with Gasteiger partial charge in [0.25, 0.3) is 0 Å². The molecule has 1 unspecified atom stereocenters. The lowest BCUT2D eigenvalue weighted by molar-refractivity contribution is -0.278. The van der Waals surface area contributed by atoms with Gasteiger partial charge in [-0.1, -0.05) is 13.8 Å². The van der Waals surface area contributed by atoms with E-state index < -0.39 is 48.3 Å². The highest BCUT2D eigenvalue weighted by molar-refractivity contribution is 5.99. The molecule has 0 aromatic heterocycles. The van der Waals surface area contributed by atoms with Gasteiger partial charge in [-0.2, -0.15) is 22.0 Å². The number of ether oxygens (including phenoxy) is 3. The zero-order valence-corrected chi connectivity index (χ0v) is 29.3. The zero-order valence-electron chi connectivity index (χ0n) is 29.3. The van der Waals surface area contributed by atoms with Crippen LogP contribution in [0.15, 0.2) is 18.2 Å². The molecule has 5 amide bonds. The Morgan fingerprint density at radius 1 is 1.06 bits per heavy atom. The van der Waals surface area contributed by atoms with E-state index in [0.717, 1.165) is 13.2 Å². The average molecular weight is 762 g/mol. The second kappa shape index (κ2) is 24.9. The molecule has 2 atom stereocenters. The molecule has 0 bridgehead atoms. The third kappa shape index (κ3) is 20.5. The molecule has 21 heteroatoms. The molecule has 0 fully saturated rings. The number of fused-ring (bicyclic) bond motifs is 1. The summed E-state index contributed by atoms with van der Waals surface area (Å²) in [6.07, 6.45) is -5.22. The van der Waals surface area contributed by atoms with Crippen LogP contribution in [0.25, 0.3) is 0 Å². The minimum Gasteiger partial charge on any atom is -0.488 e. The number of aldehydes is 1. The number of rotatable bonds is 14. The Kier molecular flexibility index (Phi) is 23.5. The number of unbranched alkanes of at least 4 members (excludes halogenated alkanes) is 1. The monoisotopic (exact) mass is 761 g/mol. The first-order valence-electron chi connectivity index (χ1n) is 15.7. The van der Waals surface area contributed by atoms with Gasteiger partial charge in [0.2, 0.25) is 29.5 Å². The number of primary amides is 2. The predicted molar refractivity (Wildman–Crippen MR) is 172 cm³/mol. The average Bonchev–Trinajstić information content (AvgIpc) is 3.16. The van der Waals surface area contributed by atoms with E-state index in [1.165, 1.54) is 35.3 Å². The maximum Gasteiger partial charge on any atom is 0.508 e. The Balaban J connectivity index is 0. The van der Waals surface area contributed by atoms with Crippen molar-refractivity contribution in [3.63, 3.8) is 0 Å². The molecule has 1 aliphatic heterocycles. The zero-order chi connectivity index (χ0) is 40.7. The number of halogens is 6. The van der Waals surface area contributed by atoms with E-state index in [1.807, 2.05) is 13.8 Å². The number of amides is 5. The summed E-state index contributed by atoms with van der Waals surface area (Å²) in [5.74, 6) is -9.90. The van der Waals surface area contributed by atoms with Gasteiger partial charge in [0, 0.05) is 25.8 Å². The van der Waals surface area contributed by atoms with Crippen LogP contribution in [0.2, 0.25) is 0 Å². The summed E-state index contributed by atoms with van der Waals surface area (Å²) in [5.41, 5.74) is 9.40. The number of nitrogens with one attached hydrogen (secondary N) is 2. The van der Waals surface area contributed by atoms with Crippen LogP contribution in [0.3, 0.4) is 0 Å². The van der Waals surface area contributed by atoms with Crippen molar-refractivity contribution in [2.75, 3.05) is 37.7 Å². The number of carbonyl (C=O) groups is 7. The van der Waals surface area contributed by atoms with Crippen LogP contribution >= 0.6 is 0 Å². The van der Waals surface area contributed by atoms with E-state index in [-0.39, 0.29) is 68.7 Å². The Labute approximate surface area is 296 Å². The van der Waals surface area contributed by atoms with Crippen LogP contribution in [-0.2, 0) is 38.2 Å². The van der Waals surface area contributed by atoms with Gasteiger partial charge in [0.15, 0.2) is 0 Å². The Morgan fingerprint density at radius 2 is 1.63 bits per heavy atom. The minimum atomic E-state index is -5.75. The molecule has 0 aliphatic carbocycles. The number of benzene rings is 1. The second-order valence-corrected chi connectivity index (χ2v) is 10.3. The number of carbonyl (C=O) groups excluding carboxylic acids is 7. The van der Waals surface area contributed by atoms with Crippen molar-refractivity contribution < 1.29 is 74.1 Å². The minimum absolute atomic E-state index is 0.00787. The fourth-order valence-electron chi connectivity index (χ4n) is 3.40. The standard InChI is InChI=1S/C20H25FN2O7.C7H9F5N2O2.C2H5NO.C2H6/c1-14-12-19(26)23(16-13-15(21)5-6-17(16)30-14)8-11-29-20(27)28-10-7-22-18(25)4-2-3-9-24;1-3(4(13)15)5(16)14-2-6(8,9)7(10,11)12;1-2(3)4;1-2/h5-6,9,13-14H,2-4,7-8,10-12H2,1H3,(H,22,25);3H,2H2,1H3,(H2,13,15)(H,14,16);1H3,(H2,3,4);1-2H3/t14-;;;/m1.../s1. The fourth-order valence-corrected chi connectivity index (χ4v) is 3.40. The molecule has 1 aliphatic rings. The number of hydrogen-bond donors (Lipinski definition) is 4. The molecule has 1 aromatic rings. The molecule has 1 heterocycles. The number of hydrogen-bond acceptors (Lipinski definition) is 10. The third-order valence-corrected chi connectivity index (χ3v) is 5.93. The summed E-state index contributed by atoms with van der Waals surface area (Å²) in [5, 5.41) is 3.85. The number of anilines is 1. The topological polar surface area (TPSA) is 227 Å². The first kappa shape index (κ1) is 49.0. The van der Waals surface area contributed by atoms with Gasteiger partial charge in [-0.15, -0.1) is 0 Å². The van der Waals surface area contributed by atoms with Crippen molar-refractivity contribution in [1.82, 2.24) is 10.6 Å². The molecule has 2 rings (SSSR count). The summed E-state index contributed by atoms with van der Waals surface area (Å²) in [4.78, 5) is 77.5. The lowest BCUT2D eigenvalue weighted by Gasteiger charge is -2.21. The van der Waals surface area contributed by atoms with Gasteiger partial charge in [-0.25, -0.2) is 9.18 Å². The maximum absolute atomic E-state index is 13.6. The summed E-state index contributed by atoms with van der Waals surface area (Å²) in [7, 11) is 0. The Morgan fingerprint density at radius 3 is 2.17 bits per heavy atom. The molecule has 0 spiro atoms. The van der Waals surface area contributed by atoms with E-state index in [0.29, 0.717) is 18.6 Å². The van der Waals surface area contributed by atoms with Crippen molar-refractivity contribution in [2.45, 2.75) is 78.5 Å². The van der Waals surface area contributed by atoms with Crippen LogP contribution in [0.1, 0.15) is 60.3 Å². The number of alkyl halides is 5. The number of nitrogens with two attached hydrogens (primary N) is 2. The highest BCUT2D eigenvalue weighted by Crippen LogP contribution is 2.35. The molecule has 1 aromatic carbocycles. The lowest BCUT2D eigenvalue weighted by Crippen LogP contribution is -2.49. The van der Waals surface area contributed by atoms with Gasteiger partial charge in [0.1, 0.15) is 43.1 Å². The van der Waals surface area contributed by atoms with E-state index in [2.05, 4.69) is 16.8 Å². The highest BCUT2D eigenvalue weighted by Gasteiger charge is 2.57. The Bertz CT molecular complexity index is 1330. The molecule has 0 saturated carbocycles. The molecule has 6 N–H and O–H groups in total. The lowest BCUT2D eigenvalue weighted by atomic mass is 10.1. The van der Waals surface area contributed by atoms with Crippen LogP contribution in [-0.4, -0.2) is 93.0 Å². The second-order valence-electron chi connectivity index (χ2n) is 10.3. The smallest absolute Gasteiger partial charge is 0.488 e. The van der Waals surface area contributed by atoms with Crippen LogP contribution < -0.4 is 31.7 Å². The summed E-state index contributed by atoms with van der Waals surface area (Å²) in [6.45, 7) is 5.99. The quantitative estimate of drug-likeness (QED) is 0.0713. The van der Waals surface area contributed by atoms with Crippen LogP contribution in [0, 0.1) is 11.7 Å². The van der Waals surface area contributed by atoms with Gasteiger partial charge in [-0.05, 0) is 32.4 Å². The first-order valence-corrected chi connectivity index (χ1v) is 15.7. The van der Waals surface area contributed by atoms with Crippen molar-refractivity contribution in [3.8, 4) is 5.75 Å². The molecule has 0 saturated heterocycles. The molecule has 296 valence electrons. The van der Waals surface area contributed by atoms with E-state index >= 15 is 0 Å².